The lowest BCUT2D eigenvalue weighted by atomic mass is 10.1. The first kappa shape index (κ1) is 31.2. The molecular formula is C30H36BrN3O5S. The Morgan fingerprint density at radius 2 is 1.68 bits per heavy atom. The maximum atomic E-state index is 14.0. The van der Waals surface area contributed by atoms with Gasteiger partial charge in [-0.25, -0.2) is 8.42 Å². The Hall–Kier alpha value is -3.37. The van der Waals surface area contributed by atoms with Gasteiger partial charge in [0, 0.05) is 17.1 Å². The zero-order valence-corrected chi connectivity index (χ0v) is 25.8. The van der Waals surface area contributed by atoms with E-state index in [1.165, 1.54) is 17.0 Å². The van der Waals surface area contributed by atoms with Crippen LogP contribution in [0.3, 0.4) is 0 Å². The second-order valence-electron chi connectivity index (χ2n) is 9.67. The third-order valence-electron chi connectivity index (χ3n) is 6.64. The maximum absolute atomic E-state index is 14.0. The molecule has 2 atom stereocenters. The van der Waals surface area contributed by atoms with Crippen molar-refractivity contribution < 1.29 is 22.7 Å². The van der Waals surface area contributed by atoms with Crippen LogP contribution >= 0.6 is 15.9 Å². The Kier molecular flexibility index (Phi) is 10.8. The van der Waals surface area contributed by atoms with Crippen LogP contribution in [0.1, 0.15) is 38.3 Å². The van der Waals surface area contributed by atoms with Crippen molar-refractivity contribution in [2.75, 3.05) is 18.0 Å². The quantitative estimate of drug-likeness (QED) is 0.294. The predicted octanol–water partition coefficient (Wildman–Crippen LogP) is 5.29. The molecule has 3 aromatic carbocycles. The minimum absolute atomic E-state index is 0.0628. The predicted molar refractivity (Wildman–Crippen MR) is 161 cm³/mol. The van der Waals surface area contributed by atoms with Crippen LogP contribution in [0.2, 0.25) is 0 Å². The average molecular weight is 631 g/mol. The van der Waals surface area contributed by atoms with Crippen molar-refractivity contribution in [1.82, 2.24) is 10.2 Å². The Labute approximate surface area is 245 Å². The van der Waals surface area contributed by atoms with E-state index < -0.39 is 28.5 Å². The van der Waals surface area contributed by atoms with Gasteiger partial charge < -0.3 is 15.0 Å². The summed E-state index contributed by atoms with van der Waals surface area (Å²) in [6.07, 6.45) is 0.730. The van der Waals surface area contributed by atoms with Gasteiger partial charge in [-0.2, -0.15) is 0 Å². The van der Waals surface area contributed by atoms with E-state index in [0.29, 0.717) is 15.9 Å². The van der Waals surface area contributed by atoms with Crippen molar-refractivity contribution in [3.05, 3.63) is 88.4 Å². The van der Waals surface area contributed by atoms with Crippen LogP contribution in [0.25, 0.3) is 0 Å². The molecular weight excluding hydrogens is 594 g/mol. The summed E-state index contributed by atoms with van der Waals surface area (Å²) in [5.74, 6) is -0.231. The molecule has 1 N–H and O–H groups in total. The molecule has 0 spiro atoms. The fourth-order valence-electron chi connectivity index (χ4n) is 4.01. The highest BCUT2D eigenvalue weighted by atomic mass is 79.9. The second kappa shape index (κ2) is 13.8. The fraction of sp³-hybridized carbons (Fsp3) is 0.333. The van der Waals surface area contributed by atoms with Crippen LogP contribution in [-0.4, -0.2) is 50.9 Å². The van der Waals surface area contributed by atoms with Gasteiger partial charge in [-0.05, 0) is 75.2 Å². The number of amides is 2. The molecule has 0 aliphatic carbocycles. The molecule has 0 saturated heterocycles. The van der Waals surface area contributed by atoms with Gasteiger partial charge in [0.05, 0.1) is 17.7 Å². The monoisotopic (exact) mass is 629 g/mol. The number of carbonyl (C=O) groups excluding carboxylic acids is 2. The van der Waals surface area contributed by atoms with E-state index in [1.54, 1.807) is 68.6 Å². The summed E-state index contributed by atoms with van der Waals surface area (Å²) in [7, 11) is -2.57. The van der Waals surface area contributed by atoms with Gasteiger partial charge in [0.1, 0.15) is 18.3 Å². The molecule has 2 amide bonds. The number of rotatable bonds is 12. The minimum atomic E-state index is -4.12. The number of sulfonamides is 1. The first-order valence-corrected chi connectivity index (χ1v) is 15.3. The van der Waals surface area contributed by atoms with Gasteiger partial charge in [-0.1, -0.05) is 58.7 Å². The van der Waals surface area contributed by atoms with Crippen LogP contribution < -0.4 is 14.4 Å². The van der Waals surface area contributed by atoms with Gasteiger partial charge in [-0.3, -0.25) is 13.9 Å². The van der Waals surface area contributed by atoms with Gasteiger partial charge >= 0.3 is 0 Å². The molecule has 40 heavy (non-hydrogen) atoms. The summed E-state index contributed by atoms with van der Waals surface area (Å²) in [6.45, 7) is 6.95. The maximum Gasteiger partial charge on any atom is 0.264 e. The van der Waals surface area contributed by atoms with Crippen LogP contribution in [0.5, 0.6) is 5.75 Å². The number of halogens is 1. The number of carbonyl (C=O) groups is 2. The molecule has 0 unspecified atom stereocenters. The molecule has 0 aliphatic rings. The van der Waals surface area contributed by atoms with Gasteiger partial charge in [0.15, 0.2) is 0 Å². The summed E-state index contributed by atoms with van der Waals surface area (Å²) >= 11 is 3.41. The van der Waals surface area contributed by atoms with Crippen LogP contribution in [0.15, 0.2) is 82.2 Å². The van der Waals surface area contributed by atoms with Gasteiger partial charge in [-0.15, -0.1) is 0 Å². The molecule has 0 radical (unpaired) electrons. The van der Waals surface area contributed by atoms with E-state index in [1.807, 2.05) is 26.8 Å². The molecule has 3 rings (SSSR count). The number of aryl methyl sites for hydroxylation is 1. The van der Waals surface area contributed by atoms with Crippen LogP contribution in [-0.2, 0) is 26.2 Å². The Morgan fingerprint density at radius 1 is 1.00 bits per heavy atom. The fourth-order valence-corrected chi connectivity index (χ4v) is 5.81. The van der Waals surface area contributed by atoms with E-state index in [2.05, 4.69) is 21.2 Å². The highest BCUT2D eigenvalue weighted by molar-refractivity contribution is 9.10. The number of benzene rings is 3. The number of anilines is 1. The number of hydrogen-bond donors (Lipinski definition) is 1. The normalized spacial score (nSPS) is 12.8. The van der Waals surface area contributed by atoms with E-state index in [-0.39, 0.29) is 23.4 Å². The topological polar surface area (TPSA) is 96.0 Å². The smallest absolute Gasteiger partial charge is 0.264 e. The molecule has 214 valence electrons. The van der Waals surface area contributed by atoms with Crippen molar-refractivity contribution in [3.8, 4) is 5.75 Å². The first-order chi connectivity index (χ1) is 19.0. The highest BCUT2D eigenvalue weighted by Gasteiger charge is 2.33. The Morgan fingerprint density at radius 3 is 2.30 bits per heavy atom. The minimum Gasteiger partial charge on any atom is -0.497 e. The molecule has 8 nitrogen and oxygen atoms in total. The summed E-state index contributed by atoms with van der Waals surface area (Å²) in [5.41, 5.74) is 1.97. The third kappa shape index (κ3) is 7.85. The summed E-state index contributed by atoms with van der Waals surface area (Å²) < 4.78 is 34.9. The van der Waals surface area contributed by atoms with E-state index >= 15 is 0 Å². The molecule has 0 heterocycles. The van der Waals surface area contributed by atoms with Crippen LogP contribution in [0, 0.1) is 6.92 Å². The molecule has 0 aromatic heterocycles. The molecule has 0 fully saturated rings. The summed E-state index contributed by atoms with van der Waals surface area (Å²) in [6, 6.07) is 19.5. The first-order valence-electron chi connectivity index (χ1n) is 13.0. The molecule has 10 heteroatoms. The summed E-state index contributed by atoms with van der Waals surface area (Å²) in [5, 5.41) is 2.93. The second-order valence-corrected chi connectivity index (χ2v) is 12.4. The van der Waals surface area contributed by atoms with Crippen LogP contribution in [0.4, 0.5) is 5.69 Å². The van der Waals surface area contributed by atoms with E-state index in [9.17, 15) is 18.0 Å². The Balaban J connectivity index is 2.03. The van der Waals surface area contributed by atoms with Gasteiger partial charge in [0.25, 0.3) is 10.0 Å². The standard InChI is InChI=1S/C30H36BrN3O5S/c1-6-22(3)32-30(36)23(4)33(19-24-9-7-12-27(17-24)39-5)29(35)20-34(26-11-8-10-25(31)18-26)40(37,38)28-15-13-21(2)14-16-28/h7-18,22-23H,6,19-20H2,1-5H3,(H,32,36)/t22-,23-/m0/s1. The van der Waals surface area contributed by atoms with Crippen molar-refractivity contribution in [2.45, 2.75) is 57.6 Å². The molecule has 0 saturated carbocycles. The van der Waals surface area contributed by atoms with E-state index in [4.69, 9.17) is 4.74 Å². The zero-order valence-electron chi connectivity index (χ0n) is 23.4. The number of nitrogens with one attached hydrogen (secondary N) is 1. The third-order valence-corrected chi connectivity index (χ3v) is 8.92. The van der Waals surface area contributed by atoms with Crippen molar-refractivity contribution in [1.29, 1.82) is 0 Å². The lowest BCUT2D eigenvalue weighted by Gasteiger charge is -2.32. The largest absolute Gasteiger partial charge is 0.497 e. The number of ether oxygens (including phenoxy) is 1. The van der Waals surface area contributed by atoms with Crippen molar-refractivity contribution in [2.24, 2.45) is 0 Å². The van der Waals surface area contributed by atoms with Crippen molar-refractivity contribution in [3.63, 3.8) is 0 Å². The number of hydrogen-bond acceptors (Lipinski definition) is 5. The molecule has 0 bridgehead atoms. The van der Waals surface area contributed by atoms with E-state index in [0.717, 1.165) is 21.9 Å². The van der Waals surface area contributed by atoms with Gasteiger partial charge in [0.2, 0.25) is 11.8 Å². The number of methoxy groups -OCH3 is 1. The lowest BCUT2D eigenvalue weighted by molar-refractivity contribution is -0.139. The Bertz CT molecular complexity index is 1430. The zero-order chi connectivity index (χ0) is 29.4. The van der Waals surface area contributed by atoms with Crippen molar-refractivity contribution >= 4 is 43.5 Å². The highest BCUT2D eigenvalue weighted by Crippen LogP contribution is 2.27. The number of nitrogens with zero attached hydrogens (tertiary/aromatic N) is 2. The molecule has 0 aliphatic heterocycles. The lowest BCUT2D eigenvalue weighted by Crippen LogP contribution is -2.52. The molecule has 3 aromatic rings. The summed E-state index contributed by atoms with van der Waals surface area (Å²) in [4.78, 5) is 28.6. The average Bonchev–Trinajstić information content (AvgIpc) is 2.94. The SMILES string of the molecule is CC[C@H](C)NC(=O)[C@H](C)N(Cc1cccc(OC)c1)C(=O)CN(c1cccc(Br)c1)S(=O)(=O)c1ccc(C)cc1.